The molecule has 0 aliphatic carbocycles. The van der Waals surface area contributed by atoms with Crippen molar-refractivity contribution >= 4 is 25.3 Å². The van der Waals surface area contributed by atoms with Crippen molar-refractivity contribution in [2.45, 2.75) is 20.0 Å². The van der Waals surface area contributed by atoms with Gasteiger partial charge < -0.3 is 14.1 Å². The predicted molar refractivity (Wildman–Crippen MR) is 143 cm³/mol. The summed E-state index contributed by atoms with van der Waals surface area (Å²) in [4.78, 5) is 7.15. The Morgan fingerprint density at radius 3 is 2.50 bits per heavy atom. The van der Waals surface area contributed by atoms with E-state index >= 15 is 0 Å². The summed E-state index contributed by atoms with van der Waals surface area (Å²) in [6.07, 6.45) is 8.98. The number of allylic oxidation sites excluding steroid dienone is 3. The Morgan fingerprint density at radius 1 is 1.00 bits per heavy atom. The van der Waals surface area contributed by atoms with E-state index in [2.05, 4.69) is 62.3 Å². The molecule has 0 N–H and O–H groups in total. The third-order valence-electron chi connectivity index (χ3n) is 5.75. The fourth-order valence-electron chi connectivity index (χ4n) is 3.94. The molecule has 2 heterocycles. The Kier molecular flexibility index (Phi) is 7.66. The summed E-state index contributed by atoms with van der Waals surface area (Å²) in [5.41, 5.74) is 7.38. The van der Waals surface area contributed by atoms with Gasteiger partial charge in [-0.2, -0.15) is 0 Å². The van der Waals surface area contributed by atoms with E-state index in [1.807, 2.05) is 54.7 Å². The van der Waals surface area contributed by atoms with Crippen LogP contribution in [0.1, 0.15) is 30.2 Å². The van der Waals surface area contributed by atoms with Crippen LogP contribution in [-0.2, 0) is 6.61 Å². The summed E-state index contributed by atoms with van der Waals surface area (Å²) in [5.74, 6) is 0.852. The maximum absolute atomic E-state index is 6.19. The van der Waals surface area contributed by atoms with Gasteiger partial charge in [0.1, 0.15) is 12.4 Å². The molecular formula is C29H30BN3O. The molecule has 34 heavy (non-hydrogen) atoms. The summed E-state index contributed by atoms with van der Waals surface area (Å²) in [6.45, 7) is 3.56. The molecule has 5 heteroatoms. The zero-order chi connectivity index (χ0) is 23.9. The fraction of sp³-hybridized carbons (Fsp3) is 0.207. The Hall–Kier alpha value is -3.57. The highest BCUT2D eigenvalue weighted by Gasteiger charge is 2.17. The van der Waals surface area contributed by atoms with Gasteiger partial charge in [0.2, 0.25) is 7.98 Å². The van der Waals surface area contributed by atoms with Crippen molar-refractivity contribution in [1.82, 2.24) is 9.38 Å². The van der Waals surface area contributed by atoms with Crippen LogP contribution in [0.3, 0.4) is 0 Å². The van der Waals surface area contributed by atoms with E-state index in [0.29, 0.717) is 6.61 Å². The number of benzene rings is 2. The molecule has 0 spiro atoms. The van der Waals surface area contributed by atoms with Gasteiger partial charge in [-0.25, -0.2) is 4.99 Å². The molecule has 0 saturated carbocycles. The number of hydrogen-bond acceptors (Lipinski definition) is 3. The number of nitrogens with zero attached hydrogens (tertiary/aromatic N) is 3. The monoisotopic (exact) mass is 447 g/mol. The van der Waals surface area contributed by atoms with Crippen LogP contribution < -0.4 is 4.74 Å². The number of para-hydroxylation sites is 1. The summed E-state index contributed by atoms with van der Waals surface area (Å²) in [7, 11) is 10.3. The average Bonchev–Trinajstić information content (AvgIpc) is 3.43. The molecule has 2 radical (unpaired) electrons. The lowest BCUT2D eigenvalue weighted by molar-refractivity contribution is 0.305. The zero-order valence-corrected chi connectivity index (χ0v) is 20.1. The van der Waals surface area contributed by atoms with Crippen molar-refractivity contribution in [3.05, 3.63) is 113 Å². The molecule has 0 saturated heterocycles. The van der Waals surface area contributed by atoms with Crippen LogP contribution in [0.2, 0.25) is 0 Å². The maximum atomic E-state index is 6.19. The quantitative estimate of drug-likeness (QED) is 0.390. The van der Waals surface area contributed by atoms with E-state index in [-0.39, 0.29) is 0 Å². The van der Waals surface area contributed by atoms with E-state index in [0.717, 1.165) is 58.1 Å². The first-order chi connectivity index (χ1) is 16.5. The molecule has 170 valence electrons. The van der Waals surface area contributed by atoms with Crippen LogP contribution >= 0.6 is 0 Å². The smallest absolute Gasteiger partial charge is 0.234 e. The van der Waals surface area contributed by atoms with Crippen LogP contribution in [0.5, 0.6) is 5.75 Å². The number of aliphatic imine (C=N–C) groups is 1. The number of ether oxygens (including phenoxy) is 1. The second-order valence-corrected chi connectivity index (χ2v) is 8.69. The van der Waals surface area contributed by atoms with Crippen LogP contribution in [0.15, 0.2) is 101 Å². The Morgan fingerprint density at radius 2 is 1.76 bits per heavy atom. The van der Waals surface area contributed by atoms with Gasteiger partial charge in [0, 0.05) is 23.4 Å². The van der Waals surface area contributed by atoms with E-state index in [1.165, 1.54) is 0 Å². The van der Waals surface area contributed by atoms with Crippen LogP contribution in [0.4, 0.5) is 0 Å². The molecule has 0 atom stereocenters. The minimum atomic E-state index is 0.534. The zero-order valence-electron chi connectivity index (χ0n) is 20.1. The van der Waals surface area contributed by atoms with Gasteiger partial charge in [-0.3, -0.25) is 0 Å². The average molecular weight is 447 g/mol. The van der Waals surface area contributed by atoms with Crippen LogP contribution in [-0.4, -0.2) is 43.7 Å². The first-order valence-electron chi connectivity index (χ1n) is 11.5. The molecule has 0 amide bonds. The van der Waals surface area contributed by atoms with Gasteiger partial charge in [0.15, 0.2) is 0 Å². The minimum absolute atomic E-state index is 0.534. The largest absolute Gasteiger partial charge is 0.488 e. The highest BCUT2D eigenvalue weighted by atomic mass is 16.5. The second-order valence-electron chi connectivity index (χ2n) is 8.69. The Labute approximate surface area is 204 Å². The number of rotatable bonds is 9. The minimum Gasteiger partial charge on any atom is -0.488 e. The fourth-order valence-corrected chi connectivity index (χ4v) is 3.94. The maximum Gasteiger partial charge on any atom is 0.234 e. The SMILES string of the molecule is [B]n1cccc1/C(CCN(C)C)=C1N=C(/C=C/c2ccccc2OCc2ccccc2)C=C\1C. The molecule has 0 fully saturated rings. The second kappa shape index (κ2) is 11.0. The normalized spacial score (nSPS) is 15.1. The van der Waals surface area contributed by atoms with Crippen molar-refractivity contribution < 1.29 is 4.74 Å². The van der Waals surface area contributed by atoms with Crippen molar-refractivity contribution in [3.63, 3.8) is 0 Å². The van der Waals surface area contributed by atoms with Gasteiger partial charge in [0.05, 0.1) is 11.4 Å². The first-order valence-corrected chi connectivity index (χ1v) is 11.5. The molecule has 1 aliphatic heterocycles. The third-order valence-corrected chi connectivity index (χ3v) is 5.75. The predicted octanol–water partition coefficient (Wildman–Crippen LogP) is 5.78. The topological polar surface area (TPSA) is 29.8 Å². The van der Waals surface area contributed by atoms with Crippen molar-refractivity contribution in [2.24, 2.45) is 4.99 Å². The lowest BCUT2D eigenvalue weighted by Crippen LogP contribution is -2.14. The molecular weight excluding hydrogens is 417 g/mol. The summed E-state index contributed by atoms with van der Waals surface area (Å²) in [5, 5.41) is 0. The van der Waals surface area contributed by atoms with E-state index < -0.39 is 0 Å². The number of aromatic nitrogens is 1. The van der Waals surface area contributed by atoms with Gasteiger partial charge >= 0.3 is 0 Å². The molecule has 1 aliphatic rings. The van der Waals surface area contributed by atoms with Crippen molar-refractivity contribution in [2.75, 3.05) is 20.6 Å². The highest BCUT2D eigenvalue weighted by molar-refractivity contribution is 6.11. The standard InChI is InChI=1S/C29H30BN3O/c1-22-20-25(31-29(22)26(17-19-32(2)3)27-13-9-18-33(27)30)16-15-24-12-7-8-14-28(24)34-21-23-10-5-4-6-11-23/h4-16,18,20H,17,19,21H2,1-3H3/b16-15+,29-26-. The van der Waals surface area contributed by atoms with Crippen molar-refractivity contribution in [1.29, 1.82) is 0 Å². The lowest BCUT2D eigenvalue weighted by Gasteiger charge is -2.16. The highest BCUT2D eigenvalue weighted by Crippen LogP contribution is 2.31. The van der Waals surface area contributed by atoms with Gasteiger partial charge in [-0.05, 0) is 81.2 Å². The molecule has 1 aromatic heterocycles. The van der Waals surface area contributed by atoms with Gasteiger partial charge in [-0.15, -0.1) is 0 Å². The summed E-state index contributed by atoms with van der Waals surface area (Å²) >= 11 is 0. The molecule has 3 aromatic rings. The lowest BCUT2D eigenvalue weighted by atomic mass is 10.0. The molecule has 0 bridgehead atoms. The molecule has 4 nitrogen and oxygen atoms in total. The third kappa shape index (κ3) is 5.86. The molecule has 4 rings (SSSR count). The molecule has 0 unspecified atom stereocenters. The van der Waals surface area contributed by atoms with Gasteiger partial charge in [0.25, 0.3) is 0 Å². The number of hydrogen-bond donors (Lipinski definition) is 0. The Balaban J connectivity index is 1.58. The first kappa shape index (κ1) is 23.6. The van der Waals surface area contributed by atoms with Crippen molar-refractivity contribution in [3.8, 4) is 5.75 Å². The van der Waals surface area contributed by atoms with Gasteiger partial charge in [-0.1, -0.05) is 48.5 Å². The Bertz CT molecular complexity index is 1250. The summed E-state index contributed by atoms with van der Waals surface area (Å²) < 4.78 is 7.77. The van der Waals surface area contributed by atoms with Crippen LogP contribution in [0.25, 0.3) is 11.6 Å². The van der Waals surface area contributed by atoms with Crippen LogP contribution in [0, 0.1) is 0 Å². The molecule has 2 aromatic carbocycles. The van der Waals surface area contributed by atoms with E-state index in [9.17, 15) is 0 Å². The summed E-state index contributed by atoms with van der Waals surface area (Å²) in [6, 6.07) is 22.3. The van der Waals surface area contributed by atoms with E-state index in [4.69, 9.17) is 17.7 Å². The van der Waals surface area contributed by atoms with E-state index in [1.54, 1.807) is 4.48 Å².